The van der Waals surface area contributed by atoms with Crippen molar-refractivity contribution in [1.82, 2.24) is 4.98 Å². The molecule has 1 aliphatic carbocycles. The van der Waals surface area contributed by atoms with Gasteiger partial charge in [0.05, 0.1) is 28.2 Å². The van der Waals surface area contributed by atoms with Crippen LogP contribution in [0.1, 0.15) is 39.0 Å². The van der Waals surface area contributed by atoms with E-state index < -0.39 is 11.6 Å². The monoisotopic (exact) mass is 534 g/mol. The molecular weight excluding hydrogens is 500 g/mol. The number of anilines is 2. The highest BCUT2D eigenvalue weighted by Crippen LogP contribution is 2.36. The fraction of sp³-hybridized carbons (Fsp3) is 0.242. The minimum absolute atomic E-state index is 0.0286. The van der Waals surface area contributed by atoms with Crippen LogP contribution in [0, 0.1) is 0 Å². The Bertz CT molecular complexity index is 1560. The number of H-pyrrole nitrogens is 1. The van der Waals surface area contributed by atoms with Gasteiger partial charge in [0.25, 0.3) is 0 Å². The highest BCUT2D eigenvalue weighted by Gasteiger charge is 2.40. The third-order valence-corrected chi connectivity index (χ3v) is 7.58. The van der Waals surface area contributed by atoms with Crippen molar-refractivity contribution in [3.8, 4) is 11.3 Å². The summed E-state index contributed by atoms with van der Waals surface area (Å²) in [7, 11) is 0. The van der Waals surface area contributed by atoms with Gasteiger partial charge in [-0.05, 0) is 81.8 Å². The zero-order valence-corrected chi connectivity index (χ0v) is 23.4. The van der Waals surface area contributed by atoms with Crippen molar-refractivity contribution < 1.29 is 14.7 Å². The molecule has 0 bridgehead atoms. The molecule has 2 N–H and O–H groups in total. The minimum Gasteiger partial charge on any atom is -0.506 e. The maximum Gasteiger partial charge on any atom is 0.239 e. The zero-order chi connectivity index (χ0) is 28.4. The normalized spacial score (nSPS) is 16.8. The lowest BCUT2D eigenvalue weighted by Gasteiger charge is -2.21. The van der Waals surface area contributed by atoms with Crippen molar-refractivity contribution in [2.24, 2.45) is 4.99 Å². The predicted octanol–water partition coefficient (Wildman–Crippen LogP) is 6.11. The van der Waals surface area contributed by atoms with E-state index in [2.05, 4.69) is 59.6 Å². The second kappa shape index (κ2) is 11.2. The molecule has 2 heterocycles. The van der Waals surface area contributed by atoms with Gasteiger partial charge in [0.2, 0.25) is 11.6 Å². The number of carbonyl (C=O) groups is 2. The lowest BCUT2D eigenvalue weighted by Crippen LogP contribution is -2.21. The van der Waals surface area contributed by atoms with Gasteiger partial charge in [-0.3, -0.25) is 9.59 Å². The Morgan fingerprint density at radius 1 is 0.650 bits per heavy atom. The van der Waals surface area contributed by atoms with Crippen LogP contribution in [0.25, 0.3) is 16.8 Å². The molecule has 0 radical (unpaired) electrons. The molecule has 3 aromatic rings. The molecule has 0 saturated carbocycles. The first-order chi connectivity index (χ1) is 19.4. The van der Waals surface area contributed by atoms with Crippen LogP contribution in [0.15, 0.2) is 94.8 Å². The Morgan fingerprint density at radius 2 is 1.15 bits per heavy atom. The lowest BCUT2D eigenvalue weighted by molar-refractivity contribution is -0.130. The van der Waals surface area contributed by atoms with E-state index in [0.29, 0.717) is 11.4 Å². The second-order valence-electron chi connectivity index (χ2n) is 9.70. The number of aliphatic hydroxyl groups excluding tert-OH is 1. The van der Waals surface area contributed by atoms with Crippen molar-refractivity contribution in [1.29, 1.82) is 0 Å². The minimum atomic E-state index is -0.756. The van der Waals surface area contributed by atoms with Gasteiger partial charge in [0.1, 0.15) is 5.76 Å². The number of aromatic nitrogens is 1. The fourth-order valence-corrected chi connectivity index (χ4v) is 5.30. The number of nitrogens with one attached hydrogen (secondary N) is 1. The van der Waals surface area contributed by atoms with E-state index in [1.54, 1.807) is 18.2 Å². The average Bonchev–Trinajstić information content (AvgIpc) is 3.70. The molecule has 2 aliphatic rings. The number of rotatable bonds is 9. The molecule has 0 spiro atoms. The van der Waals surface area contributed by atoms with E-state index in [1.165, 1.54) is 0 Å². The second-order valence-corrected chi connectivity index (χ2v) is 9.70. The van der Waals surface area contributed by atoms with E-state index >= 15 is 0 Å². The number of aromatic amines is 1. The summed E-state index contributed by atoms with van der Waals surface area (Å²) in [5.74, 6) is -1.85. The van der Waals surface area contributed by atoms with E-state index in [4.69, 9.17) is 0 Å². The van der Waals surface area contributed by atoms with Crippen LogP contribution in [0.5, 0.6) is 0 Å². The third kappa shape index (κ3) is 4.79. The predicted molar refractivity (Wildman–Crippen MR) is 162 cm³/mol. The van der Waals surface area contributed by atoms with E-state index in [9.17, 15) is 14.7 Å². The number of aliphatic imine (C=N–C) groups is 1. The fourth-order valence-electron chi connectivity index (χ4n) is 5.30. The van der Waals surface area contributed by atoms with Crippen molar-refractivity contribution >= 4 is 34.2 Å². The van der Waals surface area contributed by atoms with Crippen molar-refractivity contribution in [3.05, 3.63) is 101 Å². The van der Waals surface area contributed by atoms with Crippen LogP contribution in [0.3, 0.4) is 0 Å². The SMILES string of the molecule is CCN(CC)c1ccc(C2=N/C(=C3/C(=O)C(=O)C(c4ccc(-c5ccc(N(CC)CC)cc5)[nH]4)=C3O)C=C2)cc1. The van der Waals surface area contributed by atoms with Crippen LogP contribution < -0.4 is 9.80 Å². The van der Waals surface area contributed by atoms with Gasteiger partial charge in [0.15, 0.2) is 0 Å². The first kappa shape index (κ1) is 26.9. The molecule has 2 aromatic carbocycles. The van der Waals surface area contributed by atoms with Crippen LogP contribution in [0.2, 0.25) is 0 Å². The number of benzene rings is 2. The largest absolute Gasteiger partial charge is 0.506 e. The summed E-state index contributed by atoms with van der Waals surface area (Å²) in [6.07, 6.45) is 3.47. The number of hydrogen-bond donors (Lipinski definition) is 2. The molecule has 0 atom stereocenters. The summed E-state index contributed by atoms with van der Waals surface area (Å²) in [6, 6.07) is 19.8. The lowest BCUT2D eigenvalue weighted by atomic mass is 10.1. The highest BCUT2D eigenvalue weighted by atomic mass is 16.3. The first-order valence-electron chi connectivity index (χ1n) is 13.8. The molecule has 0 amide bonds. The smallest absolute Gasteiger partial charge is 0.239 e. The summed E-state index contributed by atoms with van der Waals surface area (Å²) in [5.41, 5.74) is 6.15. The number of aliphatic hydroxyl groups is 1. The van der Waals surface area contributed by atoms with Gasteiger partial charge in [-0.1, -0.05) is 24.3 Å². The number of ketones is 2. The van der Waals surface area contributed by atoms with Crippen LogP contribution in [-0.2, 0) is 9.59 Å². The van der Waals surface area contributed by atoms with Crippen molar-refractivity contribution in [3.63, 3.8) is 0 Å². The number of hydrogen-bond acceptors (Lipinski definition) is 6. The van der Waals surface area contributed by atoms with Gasteiger partial charge >= 0.3 is 0 Å². The van der Waals surface area contributed by atoms with E-state index in [-0.39, 0.29) is 22.6 Å². The summed E-state index contributed by atoms with van der Waals surface area (Å²) < 4.78 is 0. The summed E-state index contributed by atoms with van der Waals surface area (Å²) >= 11 is 0. The molecule has 7 heteroatoms. The van der Waals surface area contributed by atoms with Gasteiger partial charge in [-0.15, -0.1) is 0 Å². The van der Waals surface area contributed by atoms with Crippen molar-refractivity contribution in [2.75, 3.05) is 36.0 Å². The molecule has 0 saturated heterocycles. The molecule has 1 aromatic heterocycles. The Kier molecular flexibility index (Phi) is 7.56. The Labute approximate surface area is 234 Å². The summed E-state index contributed by atoms with van der Waals surface area (Å²) in [6.45, 7) is 12.2. The number of nitrogens with zero attached hydrogens (tertiary/aromatic N) is 3. The topological polar surface area (TPSA) is 89.0 Å². The van der Waals surface area contributed by atoms with E-state index in [1.807, 2.05) is 42.5 Å². The first-order valence-corrected chi connectivity index (χ1v) is 13.8. The molecule has 7 nitrogen and oxygen atoms in total. The molecule has 1 aliphatic heterocycles. The Morgan fingerprint density at radius 3 is 1.70 bits per heavy atom. The number of allylic oxidation sites excluding steroid dienone is 4. The molecule has 5 rings (SSSR count). The Balaban J connectivity index is 1.43. The Hall–Kier alpha value is -4.65. The van der Waals surface area contributed by atoms with Gasteiger partial charge in [-0.25, -0.2) is 4.99 Å². The van der Waals surface area contributed by atoms with Crippen LogP contribution in [0.4, 0.5) is 11.4 Å². The maximum atomic E-state index is 13.0. The summed E-state index contributed by atoms with van der Waals surface area (Å²) in [4.78, 5) is 38.4. The van der Waals surface area contributed by atoms with Gasteiger partial charge in [0, 0.05) is 48.8 Å². The van der Waals surface area contributed by atoms with Crippen molar-refractivity contribution in [2.45, 2.75) is 27.7 Å². The molecule has 204 valence electrons. The molecular formula is C33H34N4O3. The van der Waals surface area contributed by atoms with E-state index in [0.717, 1.165) is 54.4 Å². The molecule has 0 fully saturated rings. The summed E-state index contributed by atoms with van der Waals surface area (Å²) in [5, 5.41) is 11.1. The highest BCUT2D eigenvalue weighted by molar-refractivity contribution is 6.63. The zero-order valence-electron chi connectivity index (χ0n) is 23.4. The third-order valence-electron chi connectivity index (χ3n) is 7.58. The number of Topliss-reactive ketones (excluding diaryl/α,β-unsaturated/α-hetero) is 2. The average molecular weight is 535 g/mol. The van der Waals surface area contributed by atoms with Crippen LogP contribution in [-0.4, -0.2) is 53.5 Å². The maximum absolute atomic E-state index is 13.0. The van der Waals surface area contributed by atoms with Gasteiger partial charge in [-0.2, -0.15) is 0 Å². The molecule has 0 unspecified atom stereocenters. The molecule has 40 heavy (non-hydrogen) atoms. The van der Waals surface area contributed by atoms with Crippen LogP contribution >= 0.6 is 0 Å². The standard InChI is InChI=1S/C33H34N4O3/c1-5-36(6-2)23-13-9-21(10-14-23)25-17-19-27(34-25)29-31(38)30(33(40)32(29)39)28-20-18-26(35-28)22-11-15-24(16-12-22)37(7-3)8-4/h9-20,34,38H,5-8H2,1-4H3/b30-28+. The van der Waals surface area contributed by atoms with Gasteiger partial charge < -0.3 is 19.9 Å². The quantitative estimate of drug-likeness (QED) is 0.256. The number of carbonyl (C=O) groups excluding carboxylic acids is 2.